The van der Waals surface area contributed by atoms with E-state index in [0.717, 1.165) is 12.1 Å². The highest BCUT2D eigenvalue weighted by Crippen LogP contribution is 2.31. The van der Waals surface area contributed by atoms with Crippen LogP contribution in [0.25, 0.3) is 0 Å². The van der Waals surface area contributed by atoms with Crippen molar-refractivity contribution >= 4 is 27.4 Å². The van der Waals surface area contributed by atoms with Crippen molar-refractivity contribution in [3.63, 3.8) is 0 Å². The summed E-state index contributed by atoms with van der Waals surface area (Å²) < 4.78 is 26.7. The molecule has 2 aromatic carbocycles. The number of carbonyl (C=O) groups is 1. The van der Waals surface area contributed by atoms with E-state index in [1.54, 1.807) is 25.1 Å². The lowest BCUT2D eigenvalue weighted by molar-refractivity contribution is -0.387. The molecule has 9 heteroatoms. The van der Waals surface area contributed by atoms with Crippen LogP contribution in [0.5, 0.6) is 0 Å². The molecule has 2 rings (SSSR count). The third kappa shape index (κ3) is 3.77. The molecule has 0 spiro atoms. The summed E-state index contributed by atoms with van der Waals surface area (Å²) in [6.07, 6.45) is 0.471. The predicted molar refractivity (Wildman–Crippen MR) is 91.1 cm³/mol. The molecule has 0 heterocycles. The van der Waals surface area contributed by atoms with Gasteiger partial charge in [-0.3, -0.25) is 19.2 Å². The third-order valence-electron chi connectivity index (χ3n) is 3.55. The van der Waals surface area contributed by atoms with Gasteiger partial charge in [0.2, 0.25) is 0 Å². The fraction of sp³-hybridized carbons (Fsp3) is 0.188. The molecule has 0 unspecified atom stereocenters. The SMILES string of the molecule is CCc1ccccc1N(CC(=O)O)S(=O)(=O)c1ccccc1[N+](=O)[O-]. The summed E-state index contributed by atoms with van der Waals surface area (Å²) in [6.45, 7) is 0.959. The number of anilines is 1. The molecule has 0 saturated carbocycles. The zero-order valence-electron chi connectivity index (χ0n) is 13.3. The number of carboxylic acids is 1. The van der Waals surface area contributed by atoms with Crippen LogP contribution in [-0.2, 0) is 21.2 Å². The average Bonchev–Trinajstić information content (AvgIpc) is 2.59. The van der Waals surface area contributed by atoms with E-state index in [0.29, 0.717) is 16.3 Å². The third-order valence-corrected chi connectivity index (χ3v) is 5.36. The number of nitro groups is 1. The summed E-state index contributed by atoms with van der Waals surface area (Å²) in [5, 5.41) is 20.3. The lowest BCUT2D eigenvalue weighted by atomic mass is 10.1. The Labute approximate surface area is 144 Å². The number of para-hydroxylation sites is 2. The number of nitrogens with zero attached hydrogens (tertiary/aromatic N) is 2. The van der Waals surface area contributed by atoms with Gasteiger partial charge in [0.05, 0.1) is 10.6 Å². The van der Waals surface area contributed by atoms with Crippen LogP contribution in [0, 0.1) is 10.1 Å². The summed E-state index contributed by atoms with van der Waals surface area (Å²) in [5.41, 5.74) is 0.198. The van der Waals surface area contributed by atoms with Gasteiger partial charge in [-0.25, -0.2) is 8.42 Å². The molecule has 0 amide bonds. The first-order valence-electron chi connectivity index (χ1n) is 7.35. The molecule has 132 valence electrons. The van der Waals surface area contributed by atoms with E-state index in [-0.39, 0.29) is 5.69 Å². The van der Waals surface area contributed by atoms with Crippen LogP contribution in [0.1, 0.15) is 12.5 Å². The quantitative estimate of drug-likeness (QED) is 0.595. The molecule has 0 saturated heterocycles. The molecule has 8 nitrogen and oxygen atoms in total. The zero-order valence-corrected chi connectivity index (χ0v) is 14.1. The molecular formula is C16H16N2O6S. The Morgan fingerprint density at radius 2 is 1.76 bits per heavy atom. The predicted octanol–water partition coefficient (Wildman–Crippen LogP) is 2.44. The van der Waals surface area contributed by atoms with Crippen LogP contribution in [0.2, 0.25) is 0 Å². The zero-order chi connectivity index (χ0) is 18.6. The summed E-state index contributed by atoms with van der Waals surface area (Å²) in [5.74, 6) is -1.37. The Morgan fingerprint density at radius 3 is 2.36 bits per heavy atom. The van der Waals surface area contributed by atoms with Crippen LogP contribution in [0.3, 0.4) is 0 Å². The molecule has 0 aliphatic heterocycles. The number of sulfonamides is 1. The first kappa shape index (κ1) is 18.4. The molecular weight excluding hydrogens is 348 g/mol. The second-order valence-corrected chi connectivity index (χ2v) is 6.94. The van der Waals surface area contributed by atoms with Gasteiger partial charge in [0.15, 0.2) is 4.90 Å². The van der Waals surface area contributed by atoms with Crippen molar-refractivity contribution in [3.8, 4) is 0 Å². The number of aliphatic carboxylic acids is 1. The van der Waals surface area contributed by atoms with E-state index in [2.05, 4.69) is 0 Å². The minimum Gasteiger partial charge on any atom is -0.480 e. The molecule has 25 heavy (non-hydrogen) atoms. The van der Waals surface area contributed by atoms with Gasteiger partial charge >= 0.3 is 5.97 Å². The normalized spacial score (nSPS) is 11.1. The average molecular weight is 364 g/mol. The van der Waals surface area contributed by atoms with Gasteiger partial charge in [-0.1, -0.05) is 37.3 Å². The van der Waals surface area contributed by atoms with Gasteiger partial charge in [-0.05, 0) is 24.1 Å². The highest BCUT2D eigenvalue weighted by atomic mass is 32.2. The summed E-state index contributed by atoms with van der Waals surface area (Å²) in [7, 11) is -4.45. The minimum atomic E-state index is -4.45. The number of benzene rings is 2. The Kier molecular flexibility index (Phi) is 5.38. The Hall–Kier alpha value is -2.94. The molecule has 0 bridgehead atoms. The van der Waals surface area contributed by atoms with Crippen LogP contribution in [0.4, 0.5) is 11.4 Å². The summed E-state index contributed by atoms with van der Waals surface area (Å²) in [4.78, 5) is 21.1. The fourth-order valence-corrected chi connectivity index (χ4v) is 4.03. The highest BCUT2D eigenvalue weighted by Gasteiger charge is 2.33. The van der Waals surface area contributed by atoms with E-state index in [1.807, 2.05) is 0 Å². The number of nitro benzene ring substituents is 1. The smallest absolute Gasteiger partial charge is 0.324 e. The molecule has 0 fully saturated rings. The van der Waals surface area contributed by atoms with Crippen molar-refractivity contribution in [3.05, 3.63) is 64.2 Å². The summed E-state index contributed by atoms with van der Waals surface area (Å²) >= 11 is 0. The Balaban J connectivity index is 2.70. The van der Waals surface area contributed by atoms with E-state index in [1.165, 1.54) is 18.2 Å². The number of aryl methyl sites for hydroxylation is 1. The van der Waals surface area contributed by atoms with Crippen LogP contribution < -0.4 is 4.31 Å². The van der Waals surface area contributed by atoms with Crippen molar-refractivity contribution in [1.29, 1.82) is 0 Å². The van der Waals surface area contributed by atoms with Gasteiger partial charge in [0.1, 0.15) is 6.54 Å². The number of carboxylic acid groups (broad SMARTS) is 1. The van der Waals surface area contributed by atoms with Crippen LogP contribution in [-0.4, -0.2) is 31.0 Å². The van der Waals surface area contributed by atoms with Gasteiger partial charge in [0, 0.05) is 6.07 Å². The Morgan fingerprint density at radius 1 is 1.16 bits per heavy atom. The van der Waals surface area contributed by atoms with Gasteiger partial charge in [-0.2, -0.15) is 0 Å². The largest absolute Gasteiger partial charge is 0.480 e. The standard InChI is InChI=1S/C16H16N2O6S/c1-2-12-7-3-4-8-13(12)17(11-16(19)20)25(23,24)15-10-6-5-9-14(15)18(21)22/h3-10H,2,11H2,1H3,(H,19,20). The molecule has 0 atom stereocenters. The second-order valence-electron chi connectivity index (χ2n) is 5.11. The van der Waals surface area contributed by atoms with E-state index >= 15 is 0 Å². The first-order chi connectivity index (χ1) is 11.8. The second kappa shape index (κ2) is 7.31. The topological polar surface area (TPSA) is 118 Å². The van der Waals surface area contributed by atoms with E-state index in [4.69, 9.17) is 5.11 Å². The number of hydrogen-bond acceptors (Lipinski definition) is 5. The number of hydrogen-bond donors (Lipinski definition) is 1. The maximum Gasteiger partial charge on any atom is 0.324 e. The molecule has 0 aliphatic rings. The maximum atomic E-state index is 13.0. The molecule has 2 aromatic rings. The van der Waals surface area contributed by atoms with Crippen molar-refractivity contribution in [2.24, 2.45) is 0 Å². The first-order valence-corrected chi connectivity index (χ1v) is 8.79. The van der Waals surface area contributed by atoms with Gasteiger partial charge < -0.3 is 5.11 Å². The Bertz CT molecular complexity index is 910. The van der Waals surface area contributed by atoms with Crippen LogP contribution in [0.15, 0.2) is 53.4 Å². The van der Waals surface area contributed by atoms with E-state index < -0.39 is 38.0 Å². The van der Waals surface area contributed by atoms with E-state index in [9.17, 15) is 23.3 Å². The minimum absolute atomic E-state index is 0.186. The molecule has 0 radical (unpaired) electrons. The van der Waals surface area contributed by atoms with Gasteiger partial charge in [-0.15, -0.1) is 0 Å². The number of rotatable bonds is 7. The van der Waals surface area contributed by atoms with Crippen molar-refractivity contribution in [2.45, 2.75) is 18.2 Å². The maximum absolute atomic E-state index is 13.0. The molecule has 1 N–H and O–H groups in total. The molecule has 0 aliphatic carbocycles. The molecule has 0 aromatic heterocycles. The van der Waals surface area contributed by atoms with Crippen molar-refractivity contribution < 1.29 is 23.2 Å². The lowest BCUT2D eigenvalue weighted by Gasteiger charge is -2.24. The lowest BCUT2D eigenvalue weighted by Crippen LogP contribution is -2.36. The van der Waals surface area contributed by atoms with Crippen molar-refractivity contribution in [2.75, 3.05) is 10.8 Å². The highest BCUT2D eigenvalue weighted by molar-refractivity contribution is 7.93. The monoisotopic (exact) mass is 364 g/mol. The fourth-order valence-electron chi connectivity index (χ4n) is 2.42. The van der Waals surface area contributed by atoms with Crippen LogP contribution >= 0.6 is 0 Å². The van der Waals surface area contributed by atoms with Crippen molar-refractivity contribution in [1.82, 2.24) is 0 Å². The van der Waals surface area contributed by atoms with Gasteiger partial charge in [0.25, 0.3) is 15.7 Å². The summed E-state index contributed by atoms with van der Waals surface area (Å²) in [6, 6.07) is 11.3.